The summed E-state index contributed by atoms with van der Waals surface area (Å²) in [5.74, 6) is 0.758. The van der Waals surface area contributed by atoms with E-state index < -0.39 is 0 Å². The summed E-state index contributed by atoms with van der Waals surface area (Å²) < 4.78 is 0. The van der Waals surface area contributed by atoms with E-state index in [4.69, 9.17) is 5.73 Å². The molecule has 0 aromatic heterocycles. The average Bonchev–Trinajstić information content (AvgIpc) is 2.38. The zero-order valence-corrected chi connectivity index (χ0v) is 13.4. The Balaban J connectivity index is 0. The molecule has 2 rings (SSSR count). The fraction of sp³-hybridized carbons (Fsp3) is 0.706. The van der Waals surface area contributed by atoms with E-state index in [9.17, 15) is 9.59 Å². The number of ketones is 1. The lowest BCUT2D eigenvalue weighted by atomic mass is 9.86. The molecule has 0 atom stereocenters. The number of carbonyl (C=O) groups excluding carboxylic acids is 2. The Hall–Kier alpha value is -1.34. The maximum atomic E-state index is 10.7. The predicted octanol–water partition coefficient (Wildman–Crippen LogP) is 4.17. The highest BCUT2D eigenvalue weighted by molar-refractivity contribution is 5.93. The Bertz CT molecular complexity index is 390. The Morgan fingerprint density at radius 3 is 2.05 bits per heavy atom. The highest BCUT2D eigenvalue weighted by Gasteiger charge is 2.14. The minimum atomic E-state index is -0.337. The third kappa shape index (κ3) is 7.96. The molecule has 0 unspecified atom stereocenters. The normalized spacial score (nSPS) is 17.2. The SMILES string of the molecule is CC.CC(=O)CC1CCCCC1.CC1=C=C(C(N)=O)C1.[HH]. The number of hydrogen-bond donors (Lipinski definition) is 1. The fourth-order valence-corrected chi connectivity index (χ4v) is 2.45. The van der Waals surface area contributed by atoms with Gasteiger partial charge in [0.1, 0.15) is 5.78 Å². The van der Waals surface area contributed by atoms with Crippen LogP contribution in [-0.2, 0) is 9.59 Å². The second-order valence-corrected chi connectivity index (χ2v) is 5.34. The van der Waals surface area contributed by atoms with Gasteiger partial charge in [-0.2, -0.15) is 0 Å². The van der Waals surface area contributed by atoms with Gasteiger partial charge in [0.15, 0.2) is 0 Å². The lowest BCUT2D eigenvalue weighted by molar-refractivity contribution is -0.118. The molecule has 0 bridgehead atoms. The van der Waals surface area contributed by atoms with Crippen molar-refractivity contribution in [3.05, 3.63) is 16.9 Å². The average molecular weight is 281 g/mol. The third-order valence-electron chi connectivity index (χ3n) is 3.40. The summed E-state index contributed by atoms with van der Waals surface area (Å²) in [6.07, 6.45) is 8.22. The van der Waals surface area contributed by atoms with Crippen molar-refractivity contribution in [3.63, 3.8) is 0 Å². The summed E-state index contributed by atoms with van der Waals surface area (Å²) in [4.78, 5) is 20.9. The van der Waals surface area contributed by atoms with Gasteiger partial charge in [0.25, 0.3) is 5.91 Å². The van der Waals surface area contributed by atoms with Crippen LogP contribution in [0.1, 0.15) is 74.1 Å². The molecule has 116 valence electrons. The van der Waals surface area contributed by atoms with Gasteiger partial charge in [-0.15, -0.1) is 5.73 Å². The van der Waals surface area contributed by atoms with E-state index in [-0.39, 0.29) is 7.33 Å². The van der Waals surface area contributed by atoms with Crippen molar-refractivity contribution in [1.29, 1.82) is 0 Å². The smallest absolute Gasteiger partial charge is 0.252 e. The molecule has 1 saturated carbocycles. The number of rotatable bonds is 3. The number of carbonyl (C=O) groups is 2. The molecule has 0 aromatic carbocycles. The maximum Gasteiger partial charge on any atom is 0.252 e. The van der Waals surface area contributed by atoms with Crippen LogP contribution in [0.25, 0.3) is 0 Å². The summed E-state index contributed by atoms with van der Waals surface area (Å²) in [7, 11) is 0. The molecule has 0 heterocycles. The number of nitrogens with two attached hydrogens (primary N) is 1. The van der Waals surface area contributed by atoms with E-state index in [1.807, 2.05) is 20.8 Å². The molecule has 0 aromatic rings. The molecule has 1 fully saturated rings. The minimum absolute atomic E-state index is 0. The van der Waals surface area contributed by atoms with Crippen molar-refractivity contribution in [2.75, 3.05) is 0 Å². The molecule has 0 aliphatic heterocycles. The van der Waals surface area contributed by atoms with Crippen molar-refractivity contribution in [2.45, 2.75) is 72.6 Å². The first-order valence-corrected chi connectivity index (χ1v) is 7.73. The monoisotopic (exact) mass is 281 g/mol. The van der Waals surface area contributed by atoms with Gasteiger partial charge in [-0.25, -0.2) is 0 Å². The lowest BCUT2D eigenvalue weighted by Gasteiger charge is -2.19. The largest absolute Gasteiger partial charge is 0.365 e. The van der Waals surface area contributed by atoms with E-state index in [2.05, 4.69) is 5.73 Å². The molecule has 2 aliphatic rings. The highest BCUT2D eigenvalue weighted by Crippen LogP contribution is 2.26. The summed E-state index contributed by atoms with van der Waals surface area (Å²) in [5.41, 5.74) is 9.45. The van der Waals surface area contributed by atoms with Crippen molar-refractivity contribution in [3.8, 4) is 0 Å². The van der Waals surface area contributed by atoms with Crippen LogP contribution in [0.4, 0.5) is 0 Å². The number of hydrogen-bond acceptors (Lipinski definition) is 2. The topological polar surface area (TPSA) is 60.2 Å². The van der Waals surface area contributed by atoms with Crippen LogP contribution in [0.5, 0.6) is 0 Å². The predicted molar refractivity (Wildman–Crippen MR) is 85.4 cm³/mol. The van der Waals surface area contributed by atoms with Gasteiger partial charge in [0, 0.05) is 14.3 Å². The molecular formula is C17H31NO2. The van der Waals surface area contributed by atoms with Crippen LogP contribution in [0.15, 0.2) is 16.9 Å². The number of amides is 1. The number of primary amides is 1. The van der Waals surface area contributed by atoms with Gasteiger partial charge in [-0.1, -0.05) is 46.0 Å². The third-order valence-corrected chi connectivity index (χ3v) is 3.40. The summed E-state index contributed by atoms with van der Waals surface area (Å²) in [6, 6.07) is 0. The van der Waals surface area contributed by atoms with Crippen molar-refractivity contribution in [2.24, 2.45) is 11.7 Å². The van der Waals surface area contributed by atoms with Crippen LogP contribution in [-0.4, -0.2) is 11.7 Å². The van der Waals surface area contributed by atoms with Gasteiger partial charge in [-0.05, 0) is 25.3 Å². The van der Waals surface area contributed by atoms with Gasteiger partial charge in [-0.3, -0.25) is 4.79 Å². The lowest BCUT2D eigenvalue weighted by Crippen LogP contribution is -2.16. The molecule has 2 aliphatic carbocycles. The van der Waals surface area contributed by atoms with E-state index in [1.54, 1.807) is 6.92 Å². The van der Waals surface area contributed by atoms with E-state index in [1.165, 1.54) is 32.1 Å². The Morgan fingerprint density at radius 2 is 1.75 bits per heavy atom. The van der Waals surface area contributed by atoms with Crippen molar-refractivity contribution in [1.82, 2.24) is 0 Å². The minimum Gasteiger partial charge on any atom is -0.365 e. The summed E-state index contributed by atoms with van der Waals surface area (Å²) in [5, 5.41) is 0. The molecule has 1 amide bonds. The molecule has 0 spiro atoms. The van der Waals surface area contributed by atoms with Gasteiger partial charge < -0.3 is 10.5 Å². The summed E-state index contributed by atoms with van der Waals surface area (Å²) >= 11 is 0. The molecule has 2 N–H and O–H groups in total. The first-order valence-electron chi connectivity index (χ1n) is 7.73. The van der Waals surface area contributed by atoms with Crippen LogP contribution in [0.3, 0.4) is 0 Å². The van der Waals surface area contributed by atoms with Crippen LogP contribution < -0.4 is 5.73 Å². The Kier molecular flexibility index (Phi) is 9.75. The zero-order chi connectivity index (χ0) is 15.5. The van der Waals surface area contributed by atoms with Crippen LogP contribution in [0, 0.1) is 5.92 Å². The van der Waals surface area contributed by atoms with Crippen molar-refractivity contribution < 1.29 is 11.0 Å². The second-order valence-electron chi connectivity index (χ2n) is 5.34. The molecule has 3 heteroatoms. The first-order chi connectivity index (χ1) is 9.49. The second kappa shape index (κ2) is 10.4. The maximum absolute atomic E-state index is 10.7. The van der Waals surface area contributed by atoms with E-state index in [0.29, 0.717) is 11.4 Å². The molecular weight excluding hydrogens is 250 g/mol. The van der Waals surface area contributed by atoms with Crippen LogP contribution >= 0.6 is 0 Å². The van der Waals surface area contributed by atoms with Gasteiger partial charge in [0.05, 0.1) is 5.57 Å². The molecule has 0 saturated heterocycles. The number of Topliss-reactive ketones (excluding diaryl/α,β-unsaturated/α-hetero) is 1. The van der Waals surface area contributed by atoms with E-state index >= 15 is 0 Å². The van der Waals surface area contributed by atoms with E-state index in [0.717, 1.165) is 24.3 Å². The Morgan fingerprint density at radius 1 is 1.25 bits per heavy atom. The zero-order valence-electron chi connectivity index (χ0n) is 13.4. The quantitative estimate of drug-likeness (QED) is 0.789. The van der Waals surface area contributed by atoms with Crippen molar-refractivity contribution >= 4 is 11.7 Å². The molecule has 0 radical (unpaired) electrons. The van der Waals surface area contributed by atoms with Crippen LogP contribution in [0.2, 0.25) is 0 Å². The molecule has 20 heavy (non-hydrogen) atoms. The first kappa shape index (κ1) is 18.7. The Labute approximate surface area is 124 Å². The van der Waals surface area contributed by atoms with Gasteiger partial charge >= 0.3 is 0 Å². The fourth-order valence-electron chi connectivity index (χ4n) is 2.45. The summed E-state index contributed by atoms with van der Waals surface area (Å²) in [6.45, 7) is 7.63. The van der Waals surface area contributed by atoms with Gasteiger partial charge in [0.2, 0.25) is 0 Å². The molecule has 3 nitrogen and oxygen atoms in total. The highest BCUT2D eigenvalue weighted by atomic mass is 16.1. The standard InChI is InChI=1S/C9H16O.C6H7NO.C2H6.H2/c1-8(10)7-9-5-3-2-4-6-9;1-4-2-5(3-4)6(7)8;1-2;/h9H,2-7H2,1H3;2H2,1H3,(H2,7,8);1-2H3;1H.